The Hall–Kier alpha value is -1.06. The Morgan fingerprint density at radius 1 is 1.32 bits per heavy atom. The summed E-state index contributed by atoms with van der Waals surface area (Å²) < 4.78 is 5.20. The molecule has 3 heteroatoms. The predicted molar refractivity (Wildman–Crippen MR) is 79.7 cm³/mol. The Morgan fingerprint density at radius 2 is 2.00 bits per heavy atom. The SMILES string of the molecule is COc1ccc([C@H](C)NC2CCN(C)C(C)C2)cc1. The van der Waals surface area contributed by atoms with E-state index in [1.807, 2.05) is 12.1 Å². The fourth-order valence-electron chi connectivity index (χ4n) is 2.78. The number of piperidine rings is 1. The first-order valence-corrected chi connectivity index (χ1v) is 7.20. The van der Waals surface area contributed by atoms with Gasteiger partial charge in [0, 0.05) is 18.1 Å². The fraction of sp³-hybridized carbons (Fsp3) is 0.625. The molecular formula is C16H26N2O. The van der Waals surface area contributed by atoms with E-state index in [9.17, 15) is 0 Å². The topological polar surface area (TPSA) is 24.5 Å². The van der Waals surface area contributed by atoms with Gasteiger partial charge in [-0.05, 0) is 58.0 Å². The third-order valence-corrected chi connectivity index (χ3v) is 4.31. The molecule has 2 unspecified atom stereocenters. The van der Waals surface area contributed by atoms with Crippen LogP contribution in [0.5, 0.6) is 5.75 Å². The molecule has 106 valence electrons. The summed E-state index contributed by atoms with van der Waals surface area (Å²) >= 11 is 0. The van der Waals surface area contributed by atoms with Crippen molar-refractivity contribution in [3.8, 4) is 5.75 Å². The maximum atomic E-state index is 5.20. The molecule has 0 radical (unpaired) electrons. The summed E-state index contributed by atoms with van der Waals surface area (Å²) in [4.78, 5) is 2.44. The van der Waals surface area contributed by atoms with Gasteiger partial charge in [0.1, 0.15) is 5.75 Å². The maximum absolute atomic E-state index is 5.20. The quantitative estimate of drug-likeness (QED) is 0.903. The normalized spacial score (nSPS) is 26.1. The third kappa shape index (κ3) is 3.71. The number of hydrogen-bond donors (Lipinski definition) is 1. The zero-order valence-electron chi connectivity index (χ0n) is 12.5. The van der Waals surface area contributed by atoms with Crippen LogP contribution in [-0.4, -0.2) is 37.7 Å². The Labute approximate surface area is 116 Å². The van der Waals surface area contributed by atoms with E-state index in [0.29, 0.717) is 18.1 Å². The molecule has 0 bridgehead atoms. The lowest BCUT2D eigenvalue weighted by molar-refractivity contribution is 0.163. The van der Waals surface area contributed by atoms with Crippen molar-refractivity contribution in [2.24, 2.45) is 0 Å². The molecule has 1 aromatic carbocycles. The number of nitrogens with zero attached hydrogens (tertiary/aromatic N) is 1. The second-order valence-electron chi connectivity index (χ2n) is 5.71. The molecule has 1 fully saturated rings. The molecule has 1 aliphatic rings. The van der Waals surface area contributed by atoms with Crippen LogP contribution < -0.4 is 10.1 Å². The van der Waals surface area contributed by atoms with Gasteiger partial charge >= 0.3 is 0 Å². The second-order valence-corrected chi connectivity index (χ2v) is 5.71. The van der Waals surface area contributed by atoms with Crippen molar-refractivity contribution in [2.45, 2.75) is 44.8 Å². The number of methoxy groups -OCH3 is 1. The molecule has 2 rings (SSSR count). The van der Waals surface area contributed by atoms with Gasteiger partial charge in [0.15, 0.2) is 0 Å². The zero-order chi connectivity index (χ0) is 13.8. The van der Waals surface area contributed by atoms with E-state index in [1.54, 1.807) is 7.11 Å². The molecule has 3 nitrogen and oxygen atoms in total. The Morgan fingerprint density at radius 3 is 2.58 bits per heavy atom. The molecule has 0 spiro atoms. The van der Waals surface area contributed by atoms with Crippen molar-refractivity contribution in [3.63, 3.8) is 0 Å². The number of nitrogens with one attached hydrogen (secondary N) is 1. The van der Waals surface area contributed by atoms with Gasteiger partial charge in [0.2, 0.25) is 0 Å². The predicted octanol–water partition coefficient (Wildman–Crippen LogP) is 2.83. The standard InChI is InChI=1S/C16H26N2O/c1-12-11-15(9-10-18(12)3)17-13(2)14-5-7-16(19-4)8-6-14/h5-8,12-13,15,17H,9-11H2,1-4H3/t12?,13-,15?/m0/s1. The summed E-state index contributed by atoms with van der Waals surface area (Å²) in [6.07, 6.45) is 2.47. The van der Waals surface area contributed by atoms with Crippen LogP contribution in [0.3, 0.4) is 0 Å². The monoisotopic (exact) mass is 262 g/mol. The lowest BCUT2D eigenvalue weighted by atomic mass is 9.97. The van der Waals surface area contributed by atoms with Crippen molar-refractivity contribution < 1.29 is 4.74 Å². The molecule has 1 aromatic rings. The van der Waals surface area contributed by atoms with Gasteiger partial charge in [-0.3, -0.25) is 0 Å². The molecule has 0 aromatic heterocycles. The van der Waals surface area contributed by atoms with Gasteiger partial charge in [-0.1, -0.05) is 12.1 Å². The summed E-state index contributed by atoms with van der Waals surface area (Å²) in [5.41, 5.74) is 1.33. The average molecular weight is 262 g/mol. The first kappa shape index (κ1) is 14.4. The number of hydrogen-bond acceptors (Lipinski definition) is 3. The summed E-state index contributed by atoms with van der Waals surface area (Å²) in [7, 11) is 3.92. The molecule has 0 aliphatic carbocycles. The summed E-state index contributed by atoms with van der Waals surface area (Å²) in [5.74, 6) is 0.920. The van der Waals surface area contributed by atoms with Crippen LogP contribution in [0.2, 0.25) is 0 Å². The average Bonchev–Trinajstić information content (AvgIpc) is 2.43. The molecule has 3 atom stereocenters. The molecule has 1 aliphatic heterocycles. The minimum absolute atomic E-state index is 0.395. The van der Waals surface area contributed by atoms with Gasteiger partial charge in [-0.15, -0.1) is 0 Å². The highest BCUT2D eigenvalue weighted by Gasteiger charge is 2.23. The highest BCUT2D eigenvalue weighted by molar-refractivity contribution is 5.28. The number of likely N-dealkylation sites (tertiary alicyclic amines) is 1. The molecule has 0 amide bonds. The van der Waals surface area contributed by atoms with Gasteiger partial charge in [-0.2, -0.15) is 0 Å². The van der Waals surface area contributed by atoms with Crippen LogP contribution in [-0.2, 0) is 0 Å². The largest absolute Gasteiger partial charge is 0.497 e. The van der Waals surface area contributed by atoms with E-state index < -0.39 is 0 Å². The smallest absolute Gasteiger partial charge is 0.118 e. The molecule has 1 heterocycles. The van der Waals surface area contributed by atoms with E-state index in [4.69, 9.17) is 4.74 Å². The minimum atomic E-state index is 0.395. The van der Waals surface area contributed by atoms with Crippen molar-refractivity contribution in [2.75, 3.05) is 20.7 Å². The lowest BCUT2D eigenvalue weighted by Gasteiger charge is -2.36. The van der Waals surface area contributed by atoms with Crippen molar-refractivity contribution in [3.05, 3.63) is 29.8 Å². The van der Waals surface area contributed by atoms with Crippen molar-refractivity contribution in [1.82, 2.24) is 10.2 Å². The molecule has 0 saturated carbocycles. The van der Waals surface area contributed by atoms with E-state index >= 15 is 0 Å². The fourth-order valence-corrected chi connectivity index (χ4v) is 2.78. The number of ether oxygens (including phenoxy) is 1. The minimum Gasteiger partial charge on any atom is -0.497 e. The van der Waals surface area contributed by atoms with Gasteiger partial charge in [0.25, 0.3) is 0 Å². The van der Waals surface area contributed by atoms with Gasteiger partial charge in [0.05, 0.1) is 7.11 Å². The molecular weight excluding hydrogens is 236 g/mol. The Balaban J connectivity index is 1.91. The summed E-state index contributed by atoms with van der Waals surface area (Å²) in [6, 6.07) is 10.1. The van der Waals surface area contributed by atoms with Crippen molar-refractivity contribution in [1.29, 1.82) is 0 Å². The third-order valence-electron chi connectivity index (χ3n) is 4.31. The van der Waals surface area contributed by atoms with Gasteiger partial charge < -0.3 is 15.0 Å². The highest BCUT2D eigenvalue weighted by atomic mass is 16.5. The maximum Gasteiger partial charge on any atom is 0.118 e. The Bertz CT molecular complexity index is 390. The first-order chi connectivity index (χ1) is 9.10. The Kier molecular flexibility index (Phi) is 4.83. The second kappa shape index (κ2) is 6.40. The van der Waals surface area contributed by atoms with Crippen LogP contribution >= 0.6 is 0 Å². The van der Waals surface area contributed by atoms with Gasteiger partial charge in [-0.25, -0.2) is 0 Å². The molecule has 1 N–H and O–H groups in total. The number of rotatable bonds is 4. The van der Waals surface area contributed by atoms with Crippen LogP contribution in [0.15, 0.2) is 24.3 Å². The van der Waals surface area contributed by atoms with E-state index in [0.717, 1.165) is 5.75 Å². The molecule has 19 heavy (non-hydrogen) atoms. The highest BCUT2D eigenvalue weighted by Crippen LogP contribution is 2.21. The van der Waals surface area contributed by atoms with E-state index in [1.165, 1.54) is 24.9 Å². The van der Waals surface area contributed by atoms with Crippen molar-refractivity contribution >= 4 is 0 Å². The summed E-state index contributed by atoms with van der Waals surface area (Å²) in [6.45, 7) is 5.74. The van der Waals surface area contributed by atoms with Crippen LogP contribution in [0.25, 0.3) is 0 Å². The van der Waals surface area contributed by atoms with Crippen LogP contribution in [0, 0.1) is 0 Å². The lowest BCUT2D eigenvalue weighted by Crippen LogP contribution is -2.46. The number of benzene rings is 1. The van der Waals surface area contributed by atoms with Crippen LogP contribution in [0.4, 0.5) is 0 Å². The first-order valence-electron chi connectivity index (χ1n) is 7.20. The summed E-state index contributed by atoms with van der Waals surface area (Å²) in [5, 5.41) is 3.76. The molecule has 1 saturated heterocycles. The van der Waals surface area contributed by atoms with Crippen LogP contribution in [0.1, 0.15) is 38.3 Å². The zero-order valence-corrected chi connectivity index (χ0v) is 12.5. The van der Waals surface area contributed by atoms with E-state index in [2.05, 4.69) is 43.2 Å². The van der Waals surface area contributed by atoms with E-state index in [-0.39, 0.29) is 0 Å².